The van der Waals surface area contributed by atoms with Crippen LogP contribution in [0.5, 0.6) is 11.5 Å². The lowest BCUT2D eigenvalue weighted by Gasteiger charge is -2.11. The number of halogens is 1. The smallest absolute Gasteiger partial charge is 0.341 e. The SMILES string of the molecule is NC(=O)c1cccc(Oc2ccc(F)c(N)c2C(=O)O)c1. The van der Waals surface area contributed by atoms with Gasteiger partial charge in [-0.2, -0.15) is 0 Å². The van der Waals surface area contributed by atoms with Crippen molar-refractivity contribution < 1.29 is 23.8 Å². The maximum Gasteiger partial charge on any atom is 0.341 e. The predicted molar refractivity (Wildman–Crippen MR) is 72.8 cm³/mol. The molecule has 0 aliphatic heterocycles. The molecule has 2 rings (SSSR count). The van der Waals surface area contributed by atoms with Crippen molar-refractivity contribution in [2.24, 2.45) is 5.73 Å². The van der Waals surface area contributed by atoms with Crippen LogP contribution in [-0.2, 0) is 0 Å². The number of hydrogen-bond donors (Lipinski definition) is 3. The molecule has 1 amide bonds. The van der Waals surface area contributed by atoms with Gasteiger partial charge in [0.25, 0.3) is 0 Å². The Labute approximate surface area is 118 Å². The van der Waals surface area contributed by atoms with Crippen molar-refractivity contribution in [1.82, 2.24) is 0 Å². The van der Waals surface area contributed by atoms with Crippen molar-refractivity contribution >= 4 is 17.6 Å². The topological polar surface area (TPSA) is 116 Å². The van der Waals surface area contributed by atoms with Gasteiger partial charge in [0.05, 0.1) is 5.69 Å². The van der Waals surface area contributed by atoms with Gasteiger partial charge in [-0.15, -0.1) is 0 Å². The average Bonchev–Trinajstić information content (AvgIpc) is 2.43. The molecule has 0 radical (unpaired) electrons. The molecule has 0 bridgehead atoms. The highest BCUT2D eigenvalue weighted by atomic mass is 19.1. The second-order valence-corrected chi connectivity index (χ2v) is 4.13. The van der Waals surface area contributed by atoms with Gasteiger partial charge >= 0.3 is 5.97 Å². The van der Waals surface area contributed by atoms with Crippen LogP contribution >= 0.6 is 0 Å². The Morgan fingerprint density at radius 1 is 1.19 bits per heavy atom. The summed E-state index contributed by atoms with van der Waals surface area (Å²) in [4.78, 5) is 22.2. The van der Waals surface area contributed by atoms with Crippen LogP contribution in [0.3, 0.4) is 0 Å². The lowest BCUT2D eigenvalue weighted by molar-refractivity contribution is 0.0694. The molecule has 21 heavy (non-hydrogen) atoms. The number of carboxylic acids is 1. The van der Waals surface area contributed by atoms with Crippen molar-refractivity contribution in [2.45, 2.75) is 0 Å². The molecule has 5 N–H and O–H groups in total. The number of primary amides is 1. The summed E-state index contributed by atoms with van der Waals surface area (Å²) in [5, 5.41) is 9.09. The maximum absolute atomic E-state index is 13.3. The van der Waals surface area contributed by atoms with Crippen LogP contribution in [0.15, 0.2) is 36.4 Å². The number of nitrogen functional groups attached to an aromatic ring is 1. The van der Waals surface area contributed by atoms with Crippen LogP contribution in [-0.4, -0.2) is 17.0 Å². The van der Waals surface area contributed by atoms with E-state index in [0.29, 0.717) is 0 Å². The monoisotopic (exact) mass is 290 g/mol. The van der Waals surface area contributed by atoms with Crippen molar-refractivity contribution in [1.29, 1.82) is 0 Å². The van der Waals surface area contributed by atoms with E-state index in [2.05, 4.69) is 0 Å². The molecule has 0 fully saturated rings. The van der Waals surface area contributed by atoms with E-state index in [9.17, 15) is 14.0 Å². The number of aromatic carboxylic acids is 1. The molecule has 0 heterocycles. The van der Waals surface area contributed by atoms with E-state index in [1.54, 1.807) is 0 Å². The second-order valence-electron chi connectivity index (χ2n) is 4.13. The Hall–Kier alpha value is -3.09. The van der Waals surface area contributed by atoms with Crippen LogP contribution in [0.25, 0.3) is 0 Å². The Balaban J connectivity index is 2.45. The van der Waals surface area contributed by atoms with E-state index < -0.39 is 28.9 Å². The third kappa shape index (κ3) is 2.92. The molecule has 0 aromatic heterocycles. The number of nitrogens with two attached hydrogens (primary N) is 2. The normalized spacial score (nSPS) is 10.1. The molecule has 2 aromatic carbocycles. The third-order valence-electron chi connectivity index (χ3n) is 2.71. The summed E-state index contributed by atoms with van der Waals surface area (Å²) in [6.45, 7) is 0. The lowest BCUT2D eigenvalue weighted by atomic mass is 10.1. The number of ether oxygens (including phenoxy) is 1. The summed E-state index contributed by atoms with van der Waals surface area (Å²) >= 11 is 0. The zero-order valence-corrected chi connectivity index (χ0v) is 10.7. The molecule has 0 saturated carbocycles. The lowest BCUT2D eigenvalue weighted by Crippen LogP contribution is -2.11. The second kappa shape index (κ2) is 5.49. The highest BCUT2D eigenvalue weighted by Gasteiger charge is 2.19. The zero-order valence-electron chi connectivity index (χ0n) is 10.7. The standard InChI is InChI=1S/C14H11FN2O4/c15-9-4-5-10(11(12(9)16)14(19)20)21-8-3-1-2-7(6-8)13(17)18/h1-6H,16H2,(H2,17,18)(H,19,20). The molecular weight excluding hydrogens is 279 g/mol. The quantitative estimate of drug-likeness (QED) is 0.745. The molecule has 108 valence electrons. The van der Waals surface area contributed by atoms with E-state index >= 15 is 0 Å². The fourth-order valence-corrected chi connectivity index (χ4v) is 1.72. The number of benzene rings is 2. The van der Waals surface area contributed by atoms with Gasteiger partial charge < -0.3 is 21.3 Å². The van der Waals surface area contributed by atoms with Gasteiger partial charge in [-0.05, 0) is 30.3 Å². The summed E-state index contributed by atoms with van der Waals surface area (Å²) in [5.41, 5.74) is 9.73. The van der Waals surface area contributed by atoms with Crippen LogP contribution in [0.1, 0.15) is 20.7 Å². The minimum absolute atomic E-state index is 0.136. The summed E-state index contributed by atoms with van der Waals surface area (Å²) in [5.74, 6) is -2.89. The first-order valence-electron chi connectivity index (χ1n) is 5.79. The molecule has 0 atom stereocenters. The Morgan fingerprint density at radius 3 is 2.52 bits per heavy atom. The van der Waals surface area contributed by atoms with Gasteiger partial charge in [0, 0.05) is 5.56 Å². The summed E-state index contributed by atoms with van der Waals surface area (Å²) in [7, 11) is 0. The minimum Gasteiger partial charge on any atom is -0.477 e. The van der Waals surface area contributed by atoms with E-state index in [1.165, 1.54) is 24.3 Å². The molecule has 0 aliphatic rings. The minimum atomic E-state index is -1.42. The van der Waals surface area contributed by atoms with Crippen molar-refractivity contribution in [3.05, 3.63) is 53.3 Å². The fraction of sp³-hybridized carbons (Fsp3) is 0. The zero-order chi connectivity index (χ0) is 15.6. The van der Waals surface area contributed by atoms with Crippen LogP contribution in [0.2, 0.25) is 0 Å². The molecule has 0 spiro atoms. The van der Waals surface area contributed by atoms with E-state index in [1.807, 2.05) is 0 Å². The third-order valence-corrected chi connectivity index (χ3v) is 2.71. The number of rotatable bonds is 4. The maximum atomic E-state index is 13.3. The Morgan fingerprint density at radius 2 is 1.90 bits per heavy atom. The van der Waals surface area contributed by atoms with Crippen molar-refractivity contribution in [2.75, 3.05) is 5.73 Å². The molecule has 0 aliphatic carbocycles. The highest BCUT2D eigenvalue weighted by Crippen LogP contribution is 2.31. The van der Waals surface area contributed by atoms with Gasteiger partial charge in [0.15, 0.2) is 0 Å². The Kier molecular flexibility index (Phi) is 3.75. The van der Waals surface area contributed by atoms with Gasteiger partial charge in [-0.1, -0.05) is 6.07 Å². The van der Waals surface area contributed by atoms with E-state index in [0.717, 1.165) is 12.1 Å². The number of hydrogen-bond acceptors (Lipinski definition) is 4. The first-order valence-corrected chi connectivity index (χ1v) is 5.79. The van der Waals surface area contributed by atoms with Crippen LogP contribution in [0.4, 0.5) is 10.1 Å². The molecule has 7 heteroatoms. The number of anilines is 1. The van der Waals surface area contributed by atoms with Gasteiger partial charge in [-0.25, -0.2) is 9.18 Å². The molecule has 2 aromatic rings. The number of amides is 1. The number of carbonyl (C=O) groups excluding carboxylic acids is 1. The fourth-order valence-electron chi connectivity index (χ4n) is 1.72. The van der Waals surface area contributed by atoms with Gasteiger partial charge in [-0.3, -0.25) is 4.79 Å². The van der Waals surface area contributed by atoms with E-state index in [-0.39, 0.29) is 17.1 Å². The number of carboxylic acid groups (broad SMARTS) is 1. The first kappa shape index (κ1) is 14.3. The van der Waals surface area contributed by atoms with Crippen LogP contribution < -0.4 is 16.2 Å². The largest absolute Gasteiger partial charge is 0.477 e. The number of carbonyl (C=O) groups is 2. The Bertz CT molecular complexity index is 731. The first-order chi connectivity index (χ1) is 9.90. The van der Waals surface area contributed by atoms with Gasteiger partial charge in [0.2, 0.25) is 5.91 Å². The highest BCUT2D eigenvalue weighted by molar-refractivity contribution is 5.97. The molecule has 0 saturated heterocycles. The molecular formula is C14H11FN2O4. The summed E-state index contributed by atoms with van der Waals surface area (Å²) in [6.07, 6.45) is 0. The van der Waals surface area contributed by atoms with E-state index in [4.69, 9.17) is 21.3 Å². The van der Waals surface area contributed by atoms with Crippen molar-refractivity contribution in [3.63, 3.8) is 0 Å². The average molecular weight is 290 g/mol. The summed E-state index contributed by atoms with van der Waals surface area (Å²) < 4.78 is 18.7. The molecule has 0 unspecified atom stereocenters. The van der Waals surface area contributed by atoms with Crippen LogP contribution in [0, 0.1) is 5.82 Å². The molecule has 6 nitrogen and oxygen atoms in total. The van der Waals surface area contributed by atoms with Crippen molar-refractivity contribution in [3.8, 4) is 11.5 Å². The summed E-state index contributed by atoms with van der Waals surface area (Å²) in [6, 6.07) is 7.97. The predicted octanol–water partition coefficient (Wildman–Crippen LogP) is 2.00. The van der Waals surface area contributed by atoms with Gasteiger partial charge in [0.1, 0.15) is 22.9 Å².